The van der Waals surface area contributed by atoms with Crippen LogP contribution in [0.1, 0.15) is 40.5 Å². The number of carbonyl (C=O) groups excluding carboxylic acids is 4. The van der Waals surface area contributed by atoms with Gasteiger partial charge in [0, 0.05) is 19.0 Å². The molecular formula is C23H30F5N5O5. The van der Waals surface area contributed by atoms with Gasteiger partial charge in [0.05, 0.1) is 29.6 Å². The minimum absolute atomic E-state index is 0.0834. The molecule has 0 aromatic rings. The summed E-state index contributed by atoms with van der Waals surface area (Å²) in [5, 5.41) is 15.9. The van der Waals surface area contributed by atoms with Gasteiger partial charge < -0.3 is 25.6 Å². The van der Waals surface area contributed by atoms with E-state index in [1.165, 1.54) is 6.92 Å². The van der Waals surface area contributed by atoms with Gasteiger partial charge in [-0.15, -0.1) is 0 Å². The molecule has 3 aliphatic rings. The molecule has 0 aromatic carbocycles. The van der Waals surface area contributed by atoms with Gasteiger partial charge in [0.15, 0.2) is 0 Å². The fraction of sp³-hybridized carbons (Fsp3) is 0.783. The summed E-state index contributed by atoms with van der Waals surface area (Å²) in [6, 6.07) is -3.18. The fourth-order valence-electron chi connectivity index (χ4n) is 5.10. The summed E-state index contributed by atoms with van der Waals surface area (Å²) in [5.74, 6) is -12.0. The number of ether oxygens (including phenoxy) is 1. The summed E-state index contributed by atoms with van der Waals surface area (Å²) in [7, 11) is 0. The molecule has 2 aliphatic heterocycles. The number of alkyl halides is 5. The largest absolute Gasteiger partial charge is 0.471 e. The number of carbonyl (C=O) groups is 4. The summed E-state index contributed by atoms with van der Waals surface area (Å²) in [6.07, 6.45) is -6.35. The molecule has 1 aliphatic carbocycles. The molecule has 4 amide bonds. The number of rotatable bonds is 8. The Balaban J connectivity index is 1.84. The van der Waals surface area contributed by atoms with Gasteiger partial charge in [-0.2, -0.15) is 18.4 Å². The van der Waals surface area contributed by atoms with Gasteiger partial charge in [0.25, 0.3) is 5.92 Å². The van der Waals surface area contributed by atoms with Crippen molar-refractivity contribution < 1.29 is 45.9 Å². The number of fused-ring (bicyclic) bond motifs is 1. The third-order valence-corrected chi connectivity index (χ3v) is 6.86. The number of nitrogens with zero attached hydrogens (tertiary/aromatic N) is 2. The van der Waals surface area contributed by atoms with Crippen LogP contribution in [0.3, 0.4) is 0 Å². The van der Waals surface area contributed by atoms with Gasteiger partial charge in [-0.1, -0.05) is 0 Å². The molecule has 7 atom stereocenters. The smallest absolute Gasteiger partial charge is 0.370 e. The zero-order chi connectivity index (χ0) is 28.8. The zero-order valence-electron chi connectivity index (χ0n) is 21.2. The predicted octanol–water partition coefficient (Wildman–Crippen LogP) is 0.864. The normalized spacial score (nSPS) is 28.4. The van der Waals surface area contributed by atoms with Crippen molar-refractivity contribution in [3.63, 3.8) is 0 Å². The van der Waals surface area contributed by atoms with Crippen molar-refractivity contribution in [3.8, 4) is 6.07 Å². The second-order valence-electron chi connectivity index (χ2n) is 10.8. The summed E-state index contributed by atoms with van der Waals surface area (Å²) in [6.45, 7) is 5.67. The van der Waals surface area contributed by atoms with Crippen molar-refractivity contribution in [2.24, 2.45) is 17.8 Å². The predicted molar refractivity (Wildman–Crippen MR) is 119 cm³/mol. The van der Waals surface area contributed by atoms with E-state index in [1.807, 2.05) is 0 Å². The monoisotopic (exact) mass is 551 g/mol. The molecule has 3 N–H and O–H groups in total. The molecule has 0 aromatic heterocycles. The van der Waals surface area contributed by atoms with E-state index in [-0.39, 0.29) is 12.3 Å². The highest BCUT2D eigenvalue weighted by atomic mass is 19.4. The number of hydrogen-bond donors (Lipinski definition) is 3. The Bertz CT molecular complexity index is 1020. The molecule has 15 heteroatoms. The maximum absolute atomic E-state index is 14.4. The first kappa shape index (κ1) is 29.5. The number of nitriles is 1. The van der Waals surface area contributed by atoms with E-state index < -0.39 is 83.9 Å². The van der Waals surface area contributed by atoms with Crippen molar-refractivity contribution in [2.45, 2.75) is 82.5 Å². The molecule has 212 valence electrons. The summed E-state index contributed by atoms with van der Waals surface area (Å²) in [4.78, 5) is 50.8. The van der Waals surface area contributed by atoms with E-state index in [4.69, 9.17) is 4.74 Å². The maximum atomic E-state index is 14.4. The van der Waals surface area contributed by atoms with Crippen LogP contribution in [0.2, 0.25) is 0 Å². The molecule has 1 unspecified atom stereocenters. The standard InChI is InChI=1S/C23H30F5N5O5/c1-10(38-21(2,3)4)15(32-20(37)23(26,27)28)19(36)33-9-13-14(22(13,24)25)16(33)18(35)31-12(8-29)7-11-5-6-30-17(11)34/h10-16H,5-7,9H2,1-4H3,(H,30,34)(H,31,35)(H,32,37)/t10?,11-,12-,13-,14-,15-,16-/m0/s1. The summed E-state index contributed by atoms with van der Waals surface area (Å²) < 4.78 is 73.3. The summed E-state index contributed by atoms with van der Waals surface area (Å²) >= 11 is 0. The molecular weight excluding hydrogens is 521 g/mol. The number of hydrogen-bond acceptors (Lipinski definition) is 6. The average molecular weight is 552 g/mol. The zero-order valence-corrected chi connectivity index (χ0v) is 21.2. The van der Waals surface area contributed by atoms with Crippen LogP contribution in [0.4, 0.5) is 22.0 Å². The Labute approximate surface area is 215 Å². The minimum Gasteiger partial charge on any atom is -0.370 e. The first-order valence-electron chi connectivity index (χ1n) is 12.1. The quantitative estimate of drug-likeness (QED) is 0.383. The van der Waals surface area contributed by atoms with Crippen LogP contribution < -0.4 is 16.0 Å². The molecule has 2 heterocycles. The van der Waals surface area contributed by atoms with E-state index in [1.54, 1.807) is 32.2 Å². The van der Waals surface area contributed by atoms with Crippen LogP contribution in [-0.2, 0) is 23.9 Å². The van der Waals surface area contributed by atoms with Crippen molar-refractivity contribution in [1.29, 1.82) is 5.26 Å². The van der Waals surface area contributed by atoms with Gasteiger partial charge in [-0.25, -0.2) is 8.78 Å². The molecule has 2 saturated heterocycles. The number of nitrogens with one attached hydrogen (secondary N) is 3. The number of halogens is 5. The van der Waals surface area contributed by atoms with Crippen LogP contribution in [0.25, 0.3) is 0 Å². The Morgan fingerprint density at radius 3 is 2.37 bits per heavy atom. The second kappa shape index (κ2) is 10.3. The van der Waals surface area contributed by atoms with E-state index in [0.717, 1.165) is 0 Å². The molecule has 0 radical (unpaired) electrons. The molecule has 3 rings (SSSR count). The van der Waals surface area contributed by atoms with E-state index in [0.29, 0.717) is 17.9 Å². The summed E-state index contributed by atoms with van der Waals surface area (Å²) in [5.41, 5.74) is -0.954. The van der Waals surface area contributed by atoms with Crippen molar-refractivity contribution in [3.05, 3.63) is 0 Å². The second-order valence-corrected chi connectivity index (χ2v) is 10.8. The van der Waals surface area contributed by atoms with Gasteiger partial charge in [0.2, 0.25) is 17.7 Å². The lowest BCUT2D eigenvalue weighted by atomic mass is 9.98. The maximum Gasteiger partial charge on any atom is 0.471 e. The van der Waals surface area contributed by atoms with E-state index in [9.17, 15) is 46.4 Å². The lowest BCUT2D eigenvalue weighted by Gasteiger charge is -2.36. The van der Waals surface area contributed by atoms with Crippen molar-refractivity contribution in [2.75, 3.05) is 13.1 Å². The lowest BCUT2D eigenvalue weighted by molar-refractivity contribution is -0.177. The van der Waals surface area contributed by atoms with E-state index in [2.05, 4.69) is 10.6 Å². The Morgan fingerprint density at radius 1 is 1.24 bits per heavy atom. The van der Waals surface area contributed by atoms with Crippen LogP contribution in [0.15, 0.2) is 0 Å². The first-order valence-corrected chi connectivity index (χ1v) is 12.1. The first-order chi connectivity index (χ1) is 17.4. The Kier molecular flexibility index (Phi) is 7.98. The van der Waals surface area contributed by atoms with Crippen LogP contribution in [-0.4, -0.2) is 83.5 Å². The molecule has 3 fully saturated rings. The molecule has 10 nitrogen and oxygen atoms in total. The Morgan fingerprint density at radius 2 is 1.87 bits per heavy atom. The molecule has 0 spiro atoms. The van der Waals surface area contributed by atoms with Gasteiger partial charge in [-0.3, -0.25) is 19.2 Å². The van der Waals surface area contributed by atoms with E-state index >= 15 is 0 Å². The number of likely N-dealkylation sites (tertiary alicyclic amines) is 1. The highest BCUT2D eigenvalue weighted by Crippen LogP contribution is 2.62. The van der Waals surface area contributed by atoms with Gasteiger partial charge in [0.1, 0.15) is 18.1 Å². The average Bonchev–Trinajstić information content (AvgIpc) is 3.14. The third kappa shape index (κ3) is 6.16. The molecule has 38 heavy (non-hydrogen) atoms. The van der Waals surface area contributed by atoms with Crippen LogP contribution in [0, 0.1) is 29.1 Å². The van der Waals surface area contributed by atoms with Crippen LogP contribution >= 0.6 is 0 Å². The highest BCUT2D eigenvalue weighted by Gasteiger charge is 2.78. The lowest BCUT2D eigenvalue weighted by Crippen LogP contribution is -2.61. The SMILES string of the molecule is CC(OC(C)(C)C)[C@H](NC(=O)C(F)(F)F)C(=O)N1C[C@H]2[C@@H]([C@H]1C(=O)N[C@H](C#N)C[C@@H]1CCNC1=O)C2(F)F. The van der Waals surface area contributed by atoms with Crippen LogP contribution in [0.5, 0.6) is 0 Å². The van der Waals surface area contributed by atoms with Gasteiger partial charge in [-0.05, 0) is 40.5 Å². The number of amides is 4. The van der Waals surface area contributed by atoms with Crippen molar-refractivity contribution in [1.82, 2.24) is 20.9 Å². The highest BCUT2D eigenvalue weighted by molar-refractivity contribution is 5.95. The molecule has 1 saturated carbocycles. The topological polar surface area (TPSA) is 141 Å². The van der Waals surface area contributed by atoms with Crippen molar-refractivity contribution >= 4 is 23.6 Å². The third-order valence-electron chi connectivity index (χ3n) is 6.86. The fourth-order valence-corrected chi connectivity index (χ4v) is 5.10. The Hall–Kier alpha value is -3.02. The minimum atomic E-state index is -5.34. The van der Waals surface area contributed by atoms with Gasteiger partial charge >= 0.3 is 12.1 Å². The molecule has 0 bridgehead atoms. The number of piperidine rings is 1.